The van der Waals surface area contributed by atoms with Crippen LogP contribution in [-0.2, 0) is 6.42 Å². The van der Waals surface area contributed by atoms with Crippen LogP contribution in [0.3, 0.4) is 0 Å². The summed E-state index contributed by atoms with van der Waals surface area (Å²) in [5, 5.41) is 9.04. The van der Waals surface area contributed by atoms with E-state index >= 15 is 0 Å². The molecule has 3 nitrogen and oxygen atoms in total. The van der Waals surface area contributed by atoms with Gasteiger partial charge >= 0.3 is 0 Å². The molecule has 12 heavy (non-hydrogen) atoms. The maximum Gasteiger partial charge on any atom is 0.168 e. The van der Waals surface area contributed by atoms with E-state index in [0.29, 0.717) is 18.4 Å². The van der Waals surface area contributed by atoms with Gasteiger partial charge in [0.25, 0.3) is 0 Å². The minimum absolute atomic E-state index is 0.410. The van der Waals surface area contributed by atoms with Crippen molar-refractivity contribution >= 4 is 6.29 Å². The van der Waals surface area contributed by atoms with Crippen LogP contribution in [0.15, 0.2) is 18.2 Å². The fourth-order valence-electron chi connectivity index (χ4n) is 0.980. The van der Waals surface area contributed by atoms with Gasteiger partial charge in [-0.2, -0.15) is 0 Å². The van der Waals surface area contributed by atoms with E-state index in [9.17, 15) is 4.79 Å². The molecule has 1 rings (SSSR count). The number of hydrogen-bond donors (Lipinski definition) is 1. The highest BCUT2D eigenvalue weighted by Gasteiger charge is 2.00. The molecule has 0 bridgehead atoms. The van der Waals surface area contributed by atoms with E-state index in [1.807, 2.05) is 0 Å². The standard InChI is InChI=1S/C9H11NO2/c1-7(12)5-8-3-2-4-9(6-11)10-8/h2-4,6-7,12H,5H2,1H3. The molecule has 1 aromatic rings. The van der Waals surface area contributed by atoms with Crippen molar-refractivity contribution in [1.82, 2.24) is 4.98 Å². The molecule has 0 aliphatic carbocycles. The largest absolute Gasteiger partial charge is 0.393 e. The van der Waals surface area contributed by atoms with Gasteiger partial charge in [0.2, 0.25) is 0 Å². The highest BCUT2D eigenvalue weighted by atomic mass is 16.3. The molecule has 0 saturated carbocycles. The van der Waals surface area contributed by atoms with Gasteiger partial charge in [-0.25, -0.2) is 4.98 Å². The Morgan fingerprint density at radius 3 is 3.00 bits per heavy atom. The van der Waals surface area contributed by atoms with Crippen LogP contribution in [0, 0.1) is 0 Å². The number of rotatable bonds is 3. The van der Waals surface area contributed by atoms with Gasteiger partial charge in [0.05, 0.1) is 6.10 Å². The minimum atomic E-state index is -0.417. The van der Waals surface area contributed by atoms with Gasteiger partial charge < -0.3 is 5.11 Å². The Morgan fingerprint density at radius 1 is 1.67 bits per heavy atom. The first-order valence-electron chi connectivity index (χ1n) is 3.81. The summed E-state index contributed by atoms with van der Waals surface area (Å²) in [7, 11) is 0. The summed E-state index contributed by atoms with van der Waals surface area (Å²) in [4.78, 5) is 14.3. The zero-order valence-electron chi connectivity index (χ0n) is 6.90. The van der Waals surface area contributed by atoms with Crippen LogP contribution in [0.2, 0.25) is 0 Å². The van der Waals surface area contributed by atoms with E-state index in [-0.39, 0.29) is 0 Å². The van der Waals surface area contributed by atoms with Crippen LogP contribution in [0.5, 0.6) is 0 Å². The summed E-state index contributed by atoms with van der Waals surface area (Å²) in [6.07, 6.45) is 0.770. The molecule has 1 aromatic heterocycles. The van der Waals surface area contributed by atoms with Crippen LogP contribution in [-0.4, -0.2) is 22.5 Å². The molecule has 0 aliphatic heterocycles. The Balaban J connectivity index is 2.79. The lowest BCUT2D eigenvalue weighted by molar-refractivity contribution is 0.111. The normalized spacial score (nSPS) is 12.5. The molecule has 3 heteroatoms. The Hall–Kier alpha value is -1.22. The number of pyridine rings is 1. The summed E-state index contributed by atoms with van der Waals surface area (Å²) < 4.78 is 0. The van der Waals surface area contributed by atoms with Crippen molar-refractivity contribution < 1.29 is 9.90 Å². The third-order valence-electron chi connectivity index (χ3n) is 1.45. The van der Waals surface area contributed by atoms with E-state index in [1.165, 1.54) is 0 Å². The SMILES string of the molecule is CC(O)Cc1cccc(C=O)n1. The molecule has 1 N–H and O–H groups in total. The molecule has 0 spiro atoms. The molecule has 0 radical (unpaired) electrons. The third kappa shape index (κ3) is 2.43. The molecule has 0 aromatic carbocycles. The van der Waals surface area contributed by atoms with E-state index < -0.39 is 6.10 Å². The Kier molecular flexibility index (Phi) is 2.94. The molecule has 0 fully saturated rings. The van der Waals surface area contributed by atoms with Crippen LogP contribution in [0.1, 0.15) is 23.1 Å². The average Bonchev–Trinajstić information content (AvgIpc) is 2.03. The van der Waals surface area contributed by atoms with Crippen molar-refractivity contribution in [3.8, 4) is 0 Å². The lowest BCUT2D eigenvalue weighted by atomic mass is 10.2. The van der Waals surface area contributed by atoms with Crippen molar-refractivity contribution in [2.45, 2.75) is 19.4 Å². The molecule has 1 unspecified atom stereocenters. The average molecular weight is 165 g/mol. The molecule has 1 atom stereocenters. The van der Waals surface area contributed by atoms with Gasteiger partial charge in [-0.1, -0.05) is 6.07 Å². The smallest absolute Gasteiger partial charge is 0.168 e. The first-order valence-corrected chi connectivity index (χ1v) is 3.81. The van der Waals surface area contributed by atoms with E-state index in [1.54, 1.807) is 25.1 Å². The Labute approximate surface area is 71.1 Å². The predicted molar refractivity (Wildman–Crippen MR) is 45.0 cm³/mol. The van der Waals surface area contributed by atoms with Crippen LogP contribution in [0.4, 0.5) is 0 Å². The van der Waals surface area contributed by atoms with Gasteiger partial charge in [0.1, 0.15) is 5.69 Å². The molecule has 0 aliphatic rings. The Morgan fingerprint density at radius 2 is 2.42 bits per heavy atom. The number of aliphatic hydroxyl groups excluding tert-OH is 1. The monoisotopic (exact) mass is 165 g/mol. The molecular formula is C9H11NO2. The fourth-order valence-corrected chi connectivity index (χ4v) is 0.980. The fraction of sp³-hybridized carbons (Fsp3) is 0.333. The topological polar surface area (TPSA) is 50.2 Å². The minimum Gasteiger partial charge on any atom is -0.393 e. The summed E-state index contributed by atoms with van der Waals surface area (Å²) >= 11 is 0. The van der Waals surface area contributed by atoms with Crippen LogP contribution in [0.25, 0.3) is 0 Å². The van der Waals surface area contributed by atoms with Crippen molar-refractivity contribution in [2.24, 2.45) is 0 Å². The third-order valence-corrected chi connectivity index (χ3v) is 1.45. The summed E-state index contributed by atoms with van der Waals surface area (Å²) in [6, 6.07) is 5.19. The van der Waals surface area contributed by atoms with E-state index in [4.69, 9.17) is 5.11 Å². The van der Waals surface area contributed by atoms with Gasteiger partial charge in [-0.05, 0) is 19.1 Å². The van der Waals surface area contributed by atoms with Crippen LogP contribution < -0.4 is 0 Å². The number of nitrogens with zero attached hydrogens (tertiary/aromatic N) is 1. The molecule has 0 saturated heterocycles. The first-order chi connectivity index (χ1) is 5.72. The first kappa shape index (κ1) is 8.87. The van der Waals surface area contributed by atoms with Crippen molar-refractivity contribution in [3.63, 3.8) is 0 Å². The van der Waals surface area contributed by atoms with Crippen molar-refractivity contribution in [3.05, 3.63) is 29.6 Å². The number of aldehydes is 1. The quantitative estimate of drug-likeness (QED) is 0.674. The Bertz CT molecular complexity index is 271. The maximum absolute atomic E-state index is 10.3. The zero-order chi connectivity index (χ0) is 8.97. The van der Waals surface area contributed by atoms with Crippen molar-refractivity contribution in [2.75, 3.05) is 0 Å². The van der Waals surface area contributed by atoms with Crippen molar-refractivity contribution in [1.29, 1.82) is 0 Å². The number of aliphatic hydroxyl groups is 1. The molecule has 0 amide bonds. The van der Waals surface area contributed by atoms with Crippen LogP contribution >= 0.6 is 0 Å². The van der Waals surface area contributed by atoms with E-state index in [0.717, 1.165) is 5.69 Å². The van der Waals surface area contributed by atoms with E-state index in [2.05, 4.69) is 4.98 Å². The zero-order valence-corrected chi connectivity index (χ0v) is 6.90. The number of carbonyl (C=O) groups excluding carboxylic acids is 1. The number of aromatic nitrogens is 1. The lowest BCUT2D eigenvalue weighted by Crippen LogP contribution is -2.06. The predicted octanol–water partition coefficient (Wildman–Crippen LogP) is 0.817. The van der Waals surface area contributed by atoms with Gasteiger partial charge in [0, 0.05) is 12.1 Å². The summed E-state index contributed by atoms with van der Waals surface area (Å²) in [5.41, 5.74) is 1.16. The molecule has 64 valence electrons. The lowest BCUT2D eigenvalue weighted by Gasteiger charge is -2.02. The maximum atomic E-state index is 10.3. The highest BCUT2D eigenvalue weighted by Crippen LogP contribution is 2.00. The molecule has 1 heterocycles. The second-order valence-electron chi connectivity index (χ2n) is 2.72. The van der Waals surface area contributed by atoms with Gasteiger partial charge in [0.15, 0.2) is 6.29 Å². The molecular weight excluding hydrogens is 154 g/mol. The van der Waals surface area contributed by atoms with Gasteiger partial charge in [-0.15, -0.1) is 0 Å². The summed E-state index contributed by atoms with van der Waals surface area (Å²) in [6.45, 7) is 1.69. The highest BCUT2D eigenvalue weighted by molar-refractivity contribution is 5.71. The second kappa shape index (κ2) is 3.97. The second-order valence-corrected chi connectivity index (χ2v) is 2.72. The number of carbonyl (C=O) groups is 1. The number of hydrogen-bond acceptors (Lipinski definition) is 3. The van der Waals surface area contributed by atoms with Gasteiger partial charge in [-0.3, -0.25) is 4.79 Å². The summed E-state index contributed by atoms with van der Waals surface area (Å²) in [5.74, 6) is 0.